The second-order valence-corrected chi connectivity index (χ2v) is 3.97. The van der Waals surface area contributed by atoms with Gasteiger partial charge in [-0.15, -0.1) is 0 Å². The van der Waals surface area contributed by atoms with Crippen molar-refractivity contribution in [2.24, 2.45) is 0 Å². The molecule has 1 aromatic heterocycles. The summed E-state index contributed by atoms with van der Waals surface area (Å²) in [7, 11) is 0. The number of nitrogens with zero attached hydrogens (tertiary/aromatic N) is 2. The lowest BCUT2D eigenvalue weighted by Gasteiger charge is -2.08. The molecule has 0 unspecified atom stereocenters. The van der Waals surface area contributed by atoms with Gasteiger partial charge in [-0.1, -0.05) is 11.6 Å². The van der Waals surface area contributed by atoms with Crippen molar-refractivity contribution < 1.29 is 0 Å². The van der Waals surface area contributed by atoms with E-state index in [1.807, 2.05) is 36.8 Å². The fourth-order valence-corrected chi connectivity index (χ4v) is 1.67. The summed E-state index contributed by atoms with van der Waals surface area (Å²) >= 11 is 5.82. The SMILES string of the molecule is CCn1cncc1CNc1ccc(Cl)cc1. The highest BCUT2D eigenvalue weighted by Crippen LogP contribution is 2.14. The molecule has 1 aromatic carbocycles. The predicted molar refractivity (Wildman–Crippen MR) is 66.7 cm³/mol. The zero-order chi connectivity index (χ0) is 11.4. The first-order valence-corrected chi connectivity index (χ1v) is 5.66. The molecular weight excluding hydrogens is 222 g/mol. The van der Waals surface area contributed by atoms with Crippen molar-refractivity contribution in [1.82, 2.24) is 9.55 Å². The summed E-state index contributed by atoms with van der Waals surface area (Å²) in [5.41, 5.74) is 2.24. The van der Waals surface area contributed by atoms with Gasteiger partial charge in [-0.25, -0.2) is 4.98 Å². The summed E-state index contributed by atoms with van der Waals surface area (Å²) in [5.74, 6) is 0. The third-order valence-corrected chi connectivity index (χ3v) is 2.71. The molecule has 0 radical (unpaired) electrons. The maximum Gasteiger partial charge on any atom is 0.0948 e. The lowest BCUT2D eigenvalue weighted by atomic mass is 10.3. The third kappa shape index (κ3) is 2.55. The van der Waals surface area contributed by atoms with Gasteiger partial charge in [0.1, 0.15) is 0 Å². The number of anilines is 1. The maximum atomic E-state index is 5.82. The molecular formula is C12H14ClN3. The average Bonchev–Trinajstić information content (AvgIpc) is 2.76. The van der Waals surface area contributed by atoms with E-state index in [-0.39, 0.29) is 0 Å². The Morgan fingerprint density at radius 1 is 1.31 bits per heavy atom. The van der Waals surface area contributed by atoms with E-state index in [4.69, 9.17) is 11.6 Å². The van der Waals surface area contributed by atoms with Gasteiger partial charge >= 0.3 is 0 Å². The fraction of sp³-hybridized carbons (Fsp3) is 0.250. The van der Waals surface area contributed by atoms with Gasteiger partial charge in [0, 0.05) is 23.5 Å². The number of nitrogens with one attached hydrogen (secondary N) is 1. The molecule has 0 atom stereocenters. The van der Waals surface area contributed by atoms with Crippen molar-refractivity contribution in [3.05, 3.63) is 47.5 Å². The zero-order valence-corrected chi connectivity index (χ0v) is 9.91. The van der Waals surface area contributed by atoms with Crippen molar-refractivity contribution in [3.8, 4) is 0 Å². The van der Waals surface area contributed by atoms with Gasteiger partial charge < -0.3 is 9.88 Å². The maximum absolute atomic E-state index is 5.82. The van der Waals surface area contributed by atoms with Crippen molar-refractivity contribution in [3.63, 3.8) is 0 Å². The van der Waals surface area contributed by atoms with Gasteiger partial charge in [0.25, 0.3) is 0 Å². The van der Waals surface area contributed by atoms with E-state index in [2.05, 4.69) is 21.8 Å². The molecule has 4 heteroatoms. The van der Waals surface area contributed by atoms with Crippen LogP contribution in [0.5, 0.6) is 0 Å². The minimum atomic E-state index is 0.754. The Morgan fingerprint density at radius 3 is 2.75 bits per heavy atom. The van der Waals surface area contributed by atoms with Crippen LogP contribution in [0.2, 0.25) is 5.02 Å². The molecule has 0 saturated carbocycles. The van der Waals surface area contributed by atoms with E-state index in [1.54, 1.807) is 0 Å². The van der Waals surface area contributed by atoms with Crippen LogP contribution in [0.15, 0.2) is 36.8 Å². The summed E-state index contributed by atoms with van der Waals surface area (Å²) in [6.45, 7) is 3.82. The number of hydrogen-bond acceptors (Lipinski definition) is 2. The van der Waals surface area contributed by atoms with Gasteiger partial charge in [-0.2, -0.15) is 0 Å². The molecule has 16 heavy (non-hydrogen) atoms. The molecule has 84 valence electrons. The zero-order valence-electron chi connectivity index (χ0n) is 9.15. The molecule has 0 spiro atoms. The summed E-state index contributed by atoms with van der Waals surface area (Å²) < 4.78 is 2.11. The highest BCUT2D eigenvalue weighted by atomic mass is 35.5. The summed E-state index contributed by atoms with van der Waals surface area (Å²) in [4.78, 5) is 4.12. The van der Waals surface area contributed by atoms with E-state index in [9.17, 15) is 0 Å². The number of aromatic nitrogens is 2. The van der Waals surface area contributed by atoms with E-state index in [1.165, 1.54) is 5.69 Å². The quantitative estimate of drug-likeness (QED) is 0.882. The Balaban J connectivity index is 1.99. The van der Waals surface area contributed by atoms with Gasteiger partial charge in [0.15, 0.2) is 0 Å². The smallest absolute Gasteiger partial charge is 0.0948 e. The lowest BCUT2D eigenvalue weighted by Crippen LogP contribution is -2.05. The van der Waals surface area contributed by atoms with Gasteiger partial charge in [0.2, 0.25) is 0 Å². The van der Waals surface area contributed by atoms with Crippen LogP contribution in [0, 0.1) is 0 Å². The van der Waals surface area contributed by atoms with Crippen LogP contribution < -0.4 is 5.32 Å². The minimum Gasteiger partial charge on any atom is -0.379 e. The number of imidazole rings is 1. The molecule has 0 aliphatic heterocycles. The monoisotopic (exact) mass is 235 g/mol. The minimum absolute atomic E-state index is 0.754. The normalized spacial score (nSPS) is 10.4. The molecule has 0 bridgehead atoms. The van der Waals surface area contributed by atoms with E-state index in [0.29, 0.717) is 0 Å². The first-order valence-electron chi connectivity index (χ1n) is 5.28. The molecule has 0 amide bonds. The second-order valence-electron chi connectivity index (χ2n) is 3.53. The molecule has 0 aliphatic carbocycles. The average molecular weight is 236 g/mol. The molecule has 0 saturated heterocycles. The van der Waals surface area contributed by atoms with E-state index in [0.717, 1.165) is 23.8 Å². The Kier molecular flexibility index (Phi) is 3.47. The Labute approximate surface area is 100 Å². The van der Waals surface area contributed by atoms with Crippen LogP contribution >= 0.6 is 11.6 Å². The molecule has 1 heterocycles. The number of halogens is 1. The summed E-state index contributed by atoms with van der Waals surface area (Å²) in [5, 5.41) is 4.08. The number of hydrogen-bond donors (Lipinski definition) is 1. The van der Waals surface area contributed by atoms with Gasteiger partial charge in [0.05, 0.1) is 18.6 Å². The molecule has 0 aliphatic rings. The van der Waals surface area contributed by atoms with Crippen molar-refractivity contribution in [2.75, 3.05) is 5.32 Å². The van der Waals surface area contributed by atoms with Crippen molar-refractivity contribution in [1.29, 1.82) is 0 Å². The number of benzene rings is 1. The third-order valence-electron chi connectivity index (χ3n) is 2.46. The summed E-state index contributed by atoms with van der Waals surface area (Å²) in [6, 6.07) is 7.69. The molecule has 2 rings (SSSR count). The second kappa shape index (κ2) is 5.03. The van der Waals surface area contributed by atoms with Crippen LogP contribution in [-0.4, -0.2) is 9.55 Å². The number of aryl methyl sites for hydroxylation is 1. The predicted octanol–water partition coefficient (Wildman–Crippen LogP) is 3.17. The highest BCUT2D eigenvalue weighted by Gasteiger charge is 1.99. The topological polar surface area (TPSA) is 29.9 Å². The standard InChI is InChI=1S/C12H14ClN3/c1-2-16-9-14-7-12(16)8-15-11-5-3-10(13)4-6-11/h3-7,9,15H,2,8H2,1H3. The van der Waals surface area contributed by atoms with Gasteiger partial charge in [-0.05, 0) is 31.2 Å². The van der Waals surface area contributed by atoms with Gasteiger partial charge in [-0.3, -0.25) is 0 Å². The Bertz CT molecular complexity index is 448. The Morgan fingerprint density at radius 2 is 2.06 bits per heavy atom. The summed E-state index contributed by atoms with van der Waals surface area (Å²) in [6.07, 6.45) is 3.73. The van der Waals surface area contributed by atoms with Crippen LogP contribution in [0.1, 0.15) is 12.6 Å². The van der Waals surface area contributed by atoms with Crippen molar-refractivity contribution in [2.45, 2.75) is 20.0 Å². The number of rotatable bonds is 4. The van der Waals surface area contributed by atoms with E-state index >= 15 is 0 Å². The van der Waals surface area contributed by atoms with Crippen LogP contribution in [-0.2, 0) is 13.1 Å². The Hall–Kier alpha value is -1.48. The first-order chi connectivity index (χ1) is 7.79. The lowest BCUT2D eigenvalue weighted by molar-refractivity contribution is 0.719. The molecule has 1 N–H and O–H groups in total. The van der Waals surface area contributed by atoms with Crippen LogP contribution in [0.25, 0.3) is 0 Å². The molecule has 3 nitrogen and oxygen atoms in total. The van der Waals surface area contributed by atoms with Crippen LogP contribution in [0.3, 0.4) is 0 Å². The fourth-order valence-electron chi connectivity index (χ4n) is 1.54. The molecule has 2 aromatic rings. The molecule has 0 fully saturated rings. The highest BCUT2D eigenvalue weighted by molar-refractivity contribution is 6.30. The first kappa shape index (κ1) is 11.0. The van der Waals surface area contributed by atoms with Crippen LogP contribution in [0.4, 0.5) is 5.69 Å². The largest absolute Gasteiger partial charge is 0.379 e. The van der Waals surface area contributed by atoms with Crippen molar-refractivity contribution >= 4 is 17.3 Å². The van der Waals surface area contributed by atoms with E-state index < -0.39 is 0 Å².